The van der Waals surface area contributed by atoms with Gasteiger partial charge in [-0.15, -0.1) is 0 Å². The molecule has 3 amide bonds. The van der Waals surface area contributed by atoms with Crippen molar-refractivity contribution in [3.63, 3.8) is 0 Å². The van der Waals surface area contributed by atoms with Crippen LogP contribution in [-0.4, -0.2) is 39.9 Å². The van der Waals surface area contributed by atoms with Gasteiger partial charge in [0.2, 0.25) is 0 Å². The van der Waals surface area contributed by atoms with Crippen LogP contribution in [0.5, 0.6) is 0 Å². The van der Waals surface area contributed by atoms with Crippen molar-refractivity contribution in [3.8, 4) is 0 Å². The Hall–Kier alpha value is -1.06. The third-order valence-corrected chi connectivity index (χ3v) is 3.48. The van der Waals surface area contributed by atoms with E-state index in [2.05, 4.69) is 6.92 Å². The van der Waals surface area contributed by atoms with Crippen molar-refractivity contribution in [2.75, 3.05) is 6.54 Å². The predicted molar refractivity (Wildman–Crippen MR) is 60.9 cm³/mol. The minimum atomic E-state index is -0.408. The number of carbonyl (C=O) groups is 2. The highest BCUT2D eigenvalue weighted by atomic mass is 16.2. The Morgan fingerprint density at radius 3 is 2.44 bits per heavy atom. The lowest BCUT2D eigenvalue weighted by Gasteiger charge is -2.31. The molecular formula is C12H20N2O2. The number of urea groups is 1. The van der Waals surface area contributed by atoms with Gasteiger partial charge in [0, 0.05) is 12.1 Å². The van der Waals surface area contributed by atoms with Crippen LogP contribution in [-0.2, 0) is 4.79 Å². The summed E-state index contributed by atoms with van der Waals surface area (Å²) in [5, 5.41) is 0. The highest BCUT2D eigenvalue weighted by Crippen LogP contribution is 2.33. The van der Waals surface area contributed by atoms with E-state index >= 15 is 0 Å². The fourth-order valence-electron chi connectivity index (χ4n) is 2.59. The van der Waals surface area contributed by atoms with Gasteiger partial charge in [-0.2, -0.15) is 0 Å². The van der Waals surface area contributed by atoms with Gasteiger partial charge < -0.3 is 4.90 Å². The molecule has 4 nitrogen and oxygen atoms in total. The van der Waals surface area contributed by atoms with Crippen molar-refractivity contribution in [3.05, 3.63) is 0 Å². The van der Waals surface area contributed by atoms with Crippen LogP contribution in [0.25, 0.3) is 0 Å². The van der Waals surface area contributed by atoms with Crippen LogP contribution in [0.3, 0.4) is 0 Å². The van der Waals surface area contributed by atoms with Crippen LogP contribution in [0.4, 0.5) is 4.79 Å². The minimum Gasteiger partial charge on any atom is -0.312 e. The Kier molecular flexibility index (Phi) is 2.48. The van der Waals surface area contributed by atoms with Crippen LogP contribution in [0.2, 0.25) is 0 Å². The Morgan fingerprint density at radius 2 is 1.88 bits per heavy atom. The van der Waals surface area contributed by atoms with Gasteiger partial charge in [0.05, 0.1) is 0 Å². The average Bonchev–Trinajstić information content (AvgIpc) is 2.38. The topological polar surface area (TPSA) is 40.6 Å². The molecule has 2 aliphatic rings. The highest BCUT2D eigenvalue weighted by molar-refractivity contribution is 6.05. The lowest BCUT2D eigenvalue weighted by atomic mass is 9.93. The molecule has 2 heterocycles. The summed E-state index contributed by atoms with van der Waals surface area (Å²) in [6.45, 7) is 8.60. The summed E-state index contributed by atoms with van der Waals surface area (Å²) in [7, 11) is 0. The third kappa shape index (κ3) is 1.60. The van der Waals surface area contributed by atoms with Gasteiger partial charge in [-0.1, -0.05) is 6.92 Å². The minimum absolute atomic E-state index is 0.0101. The zero-order valence-corrected chi connectivity index (χ0v) is 10.5. The van der Waals surface area contributed by atoms with Crippen molar-refractivity contribution in [2.45, 2.75) is 52.1 Å². The first kappa shape index (κ1) is 11.4. The first-order valence-electron chi connectivity index (χ1n) is 5.97. The zero-order chi connectivity index (χ0) is 12.1. The van der Waals surface area contributed by atoms with E-state index in [0.29, 0.717) is 5.92 Å². The summed E-state index contributed by atoms with van der Waals surface area (Å²) < 4.78 is 0. The van der Waals surface area contributed by atoms with Crippen molar-refractivity contribution >= 4 is 11.9 Å². The number of hydrogen-bond donors (Lipinski definition) is 0. The molecule has 2 rings (SSSR count). The van der Waals surface area contributed by atoms with Crippen LogP contribution in [0.15, 0.2) is 0 Å². The van der Waals surface area contributed by atoms with Crippen LogP contribution < -0.4 is 0 Å². The van der Waals surface area contributed by atoms with Gasteiger partial charge in [-0.05, 0) is 39.5 Å². The van der Waals surface area contributed by atoms with Gasteiger partial charge >= 0.3 is 6.03 Å². The molecule has 0 aromatic rings. The number of carbonyl (C=O) groups excluding carboxylic acids is 2. The summed E-state index contributed by atoms with van der Waals surface area (Å²) in [5.74, 6) is 0.530. The maximum atomic E-state index is 12.2. The van der Waals surface area contributed by atoms with E-state index in [1.165, 1.54) is 4.90 Å². The van der Waals surface area contributed by atoms with E-state index in [9.17, 15) is 9.59 Å². The number of piperidine rings is 1. The van der Waals surface area contributed by atoms with Crippen molar-refractivity contribution in [2.24, 2.45) is 5.92 Å². The average molecular weight is 224 g/mol. The molecule has 0 aliphatic carbocycles. The van der Waals surface area contributed by atoms with Crippen LogP contribution in [0, 0.1) is 5.92 Å². The molecule has 0 aromatic heterocycles. The van der Waals surface area contributed by atoms with Gasteiger partial charge in [-0.3, -0.25) is 9.69 Å². The number of nitrogens with zero attached hydrogens (tertiary/aromatic N) is 2. The number of rotatable bonds is 0. The maximum absolute atomic E-state index is 12.2. The third-order valence-electron chi connectivity index (χ3n) is 3.48. The number of amides is 3. The van der Waals surface area contributed by atoms with Gasteiger partial charge in [0.15, 0.2) is 0 Å². The molecule has 2 unspecified atom stereocenters. The van der Waals surface area contributed by atoms with Gasteiger partial charge in [0.25, 0.3) is 5.91 Å². The number of hydrogen-bond acceptors (Lipinski definition) is 2. The molecule has 2 saturated heterocycles. The van der Waals surface area contributed by atoms with E-state index in [1.807, 2.05) is 20.8 Å². The molecule has 0 radical (unpaired) electrons. The van der Waals surface area contributed by atoms with Crippen LogP contribution >= 0.6 is 0 Å². The molecule has 0 N–H and O–H groups in total. The summed E-state index contributed by atoms with van der Waals surface area (Å²) >= 11 is 0. The molecule has 16 heavy (non-hydrogen) atoms. The summed E-state index contributed by atoms with van der Waals surface area (Å²) in [5.41, 5.74) is -0.408. The van der Waals surface area contributed by atoms with Gasteiger partial charge in [-0.25, -0.2) is 4.79 Å². The molecule has 0 spiro atoms. The van der Waals surface area contributed by atoms with E-state index < -0.39 is 5.54 Å². The van der Waals surface area contributed by atoms with Crippen molar-refractivity contribution < 1.29 is 9.59 Å². The normalized spacial score (nSPS) is 31.0. The predicted octanol–water partition coefficient (Wildman–Crippen LogP) is 1.85. The molecule has 90 valence electrons. The highest BCUT2D eigenvalue weighted by Gasteiger charge is 2.50. The van der Waals surface area contributed by atoms with E-state index in [4.69, 9.17) is 0 Å². The first-order valence-corrected chi connectivity index (χ1v) is 5.97. The monoisotopic (exact) mass is 224 g/mol. The van der Waals surface area contributed by atoms with E-state index in [1.54, 1.807) is 4.90 Å². The molecular weight excluding hydrogens is 204 g/mol. The van der Waals surface area contributed by atoms with Crippen molar-refractivity contribution in [1.82, 2.24) is 9.80 Å². The SMILES string of the molecule is CC1CCN2C(=O)N(C(C)(C)C)C(=O)C2C1. The summed E-state index contributed by atoms with van der Waals surface area (Å²) in [6, 6.07) is -0.301. The van der Waals surface area contributed by atoms with E-state index in [-0.39, 0.29) is 18.0 Å². The lowest BCUT2D eigenvalue weighted by Crippen LogP contribution is -2.46. The molecule has 0 saturated carbocycles. The molecule has 0 aromatic carbocycles. The fraction of sp³-hybridized carbons (Fsp3) is 0.833. The molecule has 2 atom stereocenters. The first-order chi connectivity index (χ1) is 7.32. The Bertz CT molecular complexity index is 332. The number of imide groups is 1. The Morgan fingerprint density at radius 1 is 1.25 bits per heavy atom. The van der Waals surface area contributed by atoms with Crippen LogP contribution in [0.1, 0.15) is 40.5 Å². The quantitative estimate of drug-likeness (QED) is 0.589. The molecule has 2 aliphatic heterocycles. The Labute approximate surface area is 96.6 Å². The fourth-order valence-corrected chi connectivity index (χ4v) is 2.59. The second-order valence-corrected chi connectivity index (χ2v) is 5.97. The lowest BCUT2D eigenvalue weighted by molar-refractivity contribution is -0.132. The molecule has 2 fully saturated rings. The summed E-state index contributed by atoms with van der Waals surface area (Å²) in [6.07, 6.45) is 1.82. The van der Waals surface area contributed by atoms with E-state index in [0.717, 1.165) is 19.4 Å². The molecule has 4 heteroatoms. The Balaban J connectivity index is 2.28. The smallest absolute Gasteiger partial charge is 0.312 e. The summed E-state index contributed by atoms with van der Waals surface area (Å²) in [4.78, 5) is 27.5. The molecule has 0 bridgehead atoms. The number of fused-ring (bicyclic) bond motifs is 1. The second kappa shape index (κ2) is 3.47. The zero-order valence-electron chi connectivity index (χ0n) is 10.5. The largest absolute Gasteiger partial charge is 0.327 e. The van der Waals surface area contributed by atoms with Crippen molar-refractivity contribution in [1.29, 1.82) is 0 Å². The maximum Gasteiger partial charge on any atom is 0.327 e. The second-order valence-electron chi connectivity index (χ2n) is 5.97. The standard InChI is InChI=1S/C12H20N2O2/c1-8-5-6-13-9(7-8)10(15)14(11(13)16)12(2,3)4/h8-9H,5-7H2,1-4H3. The van der Waals surface area contributed by atoms with Gasteiger partial charge in [0.1, 0.15) is 6.04 Å².